The summed E-state index contributed by atoms with van der Waals surface area (Å²) in [5, 5.41) is 0. The Morgan fingerprint density at radius 2 is 2.00 bits per heavy atom. The van der Waals surface area contributed by atoms with E-state index < -0.39 is 0 Å². The molecule has 0 saturated heterocycles. The van der Waals surface area contributed by atoms with Gasteiger partial charge in [0.2, 0.25) is 0 Å². The topological polar surface area (TPSA) is 13.1 Å². The van der Waals surface area contributed by atoms with Crippen molar-refractivity contribution in [1.29, 1.82) is 0 Å². The molecule has 11 heavy (non-hydrogen) atoms. The zero-order chi connectivity index (χ0) is 7.84. The number of hydrogen-bond donors (Lipinski definition) is 0. The van der Waals surface area contributed by atoms with Crippen molar-refractivity contribution in [3.05, 3.63) is 35.8 Å². The lowest BCUT2D eigenvalue weighted by atomic mass is 10.1. The first-order valence-electron chi connectivity index (χ1n) is 3.73. The lowest BCUT2D eigenvalue weighted by molar-refractivity contribution is 0.488. The van der Waals surface area contributed by atoms with Crippen LogP contribution in [0.2, 0.25) is 0 Å². The number of hydrogen-bond acceptors (Lipinski definition) is 1. The average molecular weight is 146 g/mol. The second-order valence-electron chi connectivity index (χ2n) is 2.81. The fraction of sp³-hybridized carbons (Fsp3) is 0.200. The highest BCUT2D eigenvalue weighted by atomic mass is 16.3. The highest BCUT2D eigenvalue weighted by Gasteiger charge is 2.06. The van der Waals surface area contributed by atoms with Gasteiger partial charge in [-0.1, -0.05) is 18.2 Å². The van der Waals surface area contributed by atoms with Crippen molar-refractivity contribution in [2.24, 2.45) is 0 Å². The maximum Gasteiger partial charge on any atom is 0.108 e. The van der Waals surface area contributed by atoms with Crippen molar-refractivity contribution in [2.45, 2.75) is 13.8 Å². The Morgan fingerprint density at radius 1 is 1.18 bits per heavy atom. The van der Waals surface area contributed by atoms with Gasteiger partial charge in [0.1, 0.15) is 11.5 Å². The van der Waals surface area contributed by atoms with E-state index in [9.17, 15) is 0 Å². The van der Waals surface area contributed by atoms with Crippen LogP contribution < -0.4 is 0 Å². The monoisotopic (exact) mass is 146 g/mol. The van der Waals surface area contributed by atoms with Crippen LogP contribution in [0, 0.1) is 13.8 Å². The Labute approximate surface area is 66.0 Å². The van der Waals surface area contributed by atoms with Gasteiger partial charge < -0.3 is 4.42 Å². The molecule has 0 amide bonds. The van der Waals surface area contributed by atoms with E-state index in [1.54, 1.807) is 0 Å². The summed E-state index contributed by atoms with van der Waals surface area (Å²) in [5.74, 6) is 1.98. The molecule has 2 rings (SSSR count). The van der Waals surface area contributed by atoms with Crippen molar-refractivity contribution in [1.82, 2.24) is 0 Å². The van der Waals surface area contributed by atoms with Crippen LogP contribution in [-0.2, 0) is 0 Å². The molecule has 0 atom stereocenters. The zero-order valence-corrected chi connectivity index (χ0v) is 6.72. The van der Waals surface area contributed by atoms with E-state index >= 15 is 0 Å². The van der Waals surface area contributed by atoms with Crippen LogP contribution in [0.3, 0.4) is 0 Å². The SMILES string of the molecule is Cc1cc2cccc-2c(C)o1. The fourth-order valence-corrected chi connectivity index (χ4v) is 1.43. The van der Waals surface area contributed by atoms with Crippen molar-refractivity contribution in [3.8, 4) is 11.1 Å². The highest BCUT2D eigenvalue weighted by Crippen LogP contribution is 2.27. The predicted octanol–water partition coefficient (Wildman–Crippen LogP) is 3.00. The molecule has 1 nitrogen and oxygen atoms in total. The first kappa shape index (κ1) is 6.47. The van der Waals surface area contributed by atoms with E-state index in [4.69, 9.17) is 4.42 Å². The van der Waals surface area contributed by atoms with Gasteiger partial charge in [-0.3, -0.25) is 0 Å². The quantitative estimate of drug-likeness (QED) is 0.556. The van der Waals surface area contributed by atoms with E-state index in [0.717, 1.165) is 11.5 Å². The van der Waals surface area contributed by atoms with Crippen molar-refractivity contribution < 1.29 is 4.42 Å². The van der Waals surface area contributed by atoms with Gasteiger partial charge in [0.15, 0.2) is 0 Å². The van der Waals surface area contributed by atoms with Gasteiger partial charge in [-0.25, -0.2) is 0 Å². The maximum atomic E-state index is 5.45. The smallest absolute Gasteiger partial charge is 0.108 e. The van der Waals surface area contributed by atoms with Crippen LogP contribution in [0.25, 0.3) is 11.1 Å². The molecular weight excluding hydrogens is 136 g/mol. The molecule has 1 aliphatic carbocycles. The molecule has 0 spiro atoms. The largest absolute Gasteiger partial charge is 0.466 e. The molecule has 0 bridgehead atoms. The summed E-state index contributed by atoms with van der Waals surface area (Å²) in [6.07, 6.45) is 0. The van der Waals surface area contributed by atoms with Crippen LogP contribution >= 0.6 is 0 Å². The number of rotatable bonds is 0. The molecule has 0 saturated carbocycles. The second kappa shape index (κ2) is 2.12. The molecule has 0 unspecified atom stereocenters. The molecular formula is C10H10O. The first-order chi connectivity index (χ1) is 5.27. The molecule has 0 fully saturated rings. The molecule has 0 aromatic heterocycles. The van der Waals surface area contributed by atoms with Crippen molar-refractivity contribution in [3.63, 3.8) is 0 Å². The Kier molecular flexibility index (Phi) is 1.25. The first-order valence-corrected chi connectivity index (χ1v) is 3.73. The van der Waals surface area contributed by atoms with Gasteiger partial charge in [-0.05, 0) is 25.5 Å². The molecule has 1 heterocycles. The minimum absolute atomic E-state index is 0.973. The summed E-state index contributed by atoms with van der Waals surface area (Å²) in [6.45, 7) is 3.97. The van der Waals surface area contributed by atoms with Gasteiger partial charge in [0, 0.05) is 5.56 Å². The molecule has 0 N–H and O–H groups in total. The van der Waals surface area contributed by atoms with Gasteiger partial charge in [-0.15, -0.1) is 0 Å². The van der Waals surface area contributed by atoms with Gasteiger partial charge in [0.25, 0.3) is 0 Å². The standard InChI is InChI=1S/C10H10O/c1-7-6-9-4-3-5-10(9)8(2)11-7/h3-6H,1-2H3. The summed E-state index contributed by atoms with van der Waals surface area (Å²) < 4.78 is 5.45. The zero-order valence-electron chi connectivity index (χ0n) is 6.72. The molecule has 1 aliphatic heterocycles. The van der Waals surface area contributed by atoms with Crippen molar-refractivity contribution in [2.75, 3.05) is 0 Å². The van der Waals surface area contributed by atoms with Gasteiger partial charge in [-0.2, -0.15) is 0 Å². The van der Waals surface area contributed by atoms with E-state index in [1.165, 1.54) is 11.1 Å². The normalized spacial score (nSPS) is 10.7. The van der Waals surface area contributed by atoms with Crippen molar-refractivity contribution >= 4 is 0 Å². The molecule has 0 aromatic carbocycles. The number of aryl methyl sites for hydroxylation is 2. The maximum absolute atomic E-state index is 5.45. The summed E-state index contributed by atoms with van der Waals surface area (Å²) in [5.41, 5.74) is 2.49. The minimum Gasteiger partial charge on any atom is -0.466 e. The van der Waals surface area contributed by atoms with Crippen LogP contribution in [0.15, 0.2) is 28.7 Å². The van der Waals surface area contributed by atoms with Crippen LogP contribution in [-0.4, -0.2) is 0 Å². The molecule has 0 aromatic rings. The lowest BCUT2D eigenvalue weighted by Crippen LogP contribution is -1.82. The lowest BCUT2D eigenvalue weighted by Gasteiger charge is -2.03. The Morgan fingerprint density at radius 3 is 2.82 bits per heavy atom. The van der Waals surface area contributed by atoms with E-state index in [1.807, 2.05) is 19.9 Å². The predicted molar refractivity (Wildman–Crippen MR) is 44.8 cm³/mol. The van der Waals surface area contributed by atoms with Gasteiger partial charge in [0.05, 0.1) is 0 Å². The second-order valence-corrected chi connectivity index (χ2v) is 2.81. The number of fused-ring (bicyclic) bond motifs is 1. The third kappa shape index (κ3) is 0.929. The summed E-state index contributed by atoms with van der Waals surface area (Å²) in [7, 11) is 0. The van der Waals surface area contributed by atoms with E-state index in [-0.39, 0.29) is 0 Å². The third-order valence-corrected chi connectivity index (χ3v) is 1.90. The van der Waals surface area contributed by atoms with Crippen LogP contribution in [0.4, 0.5) is 0 Å². The Bertz CT molecular complexity index is 346. The summed E-state index contributed by atoms with van der Waals surface area (Å²) in [4.78, 5) is 0. The Hall–Kier alpha value is -1.24. The van der Waals surface area contributed by atoms with Crippen LogP contribution in [0.1, 0.15) is 11.5 Å². The highest BCUT2D eigenvalue weighted by molar-refractivity contribution is 5.67. The van der Waals surface area contributed by atoms with Crippen LogP contribution in [0.5, 0.6) is 0 Å². The minimum atomic E-state index is 0.973. The summed E-state index contributed by atoms with van der Waals surface area (Å²) >= 11 is 0. The fourth-order valence-electron chi connectivity index (χ4n) is 1.43. The van der Waals surface area contributed by atoms with E-state index in [2.05, 4.69) is 18.2 Å². The molecule has 0 radical (unpaired) electrons. The average Bonchev–Trinajstić information content (AvgIpc) is 2.34. The third-order valence-electron chi connectivity index (χ3n) is 1.90. The molecule has 2 aliphatic rings. The molecule has 56 valence electrons. The van der Waals surface area contributed by atoms with E-state index in [0.29, 0.717) is 0 Å². The summed E-state index contributed by atoms with van der Waals surface area (Å²) in [6, 6.07) is 8.29. The van der Waals surface area contributed by atoms with Gasteiger partial charge >= 0.3 is 0 Å². The molecule has 1 heteroatoms. The Balaban J connectivity index is 2.79.